The highest BCUT2D eigenvalue weighted by atomic mass is 16.5. The van der Waals surface area contributed by atoms with Gasteiger partial charge in [0.1, 0.15) is 0 Å². The fraction of sp³-hybridized carbons (Fsp3) is 1.00. The van der Waals surface area contributed by atoms with Crippen molar-refractivity contribution in [3.8, 4) is 0 Å². The quantitative estimate of drug-likeness (QED) is 0.731. The Morgan fingerprint density at radius 3 is 2.25 bits per heavy atom. The minimum atomic E-state index is 0.862. The molecule has 3 rings (SSSR count). The molecule has 16 heavy (non-hydrogen) atoms. The van der Waals surface area contributed by atoms with E-state index in [2.05, 4.69) is 10.2 Å². The first-order chi connectivity index (χ1) is 7.93. The van der Waals surface area contributed by atoms with Gasteiger partial charge in [0.15, 0.2) is 0 Å². The zero-order chi connectivity index (χ0) is 10.8. The van der Waals surface area contributed by atoms with Crippen molar-refractivity contribution < 1.29 is 4.74 Å². The van der Waals surface area contributed by atoms with Crippen LogP contribution in [0, 0.1) is 11.8 Å². The molecule has 0 aromatic rings. The van der Waals surface area contributed by atoms with Gasteiger partial charge >= 0.3 is 0 Å². The molecule has 0 radical (unpaired) electrons. The molecular formula is C13H24N2O. The highest BCUT2D eigenvalue weighted by Gasteiger charge is 2.40. The predicted octanol–water partition coefficient (Wildman–Crippen LogP) is 1.10. The van der Waals surface area contributed by atoms with Gasteiger partial charge in [-0.1, -0.05) is 0 Å². The smallest absolute Gasteiger partial charge is 0.0594 e. The molecule has 2 saturated carbocycles. The Kier molecular flexibility index (Phi) is 3.46. The van der Waals surface area contributed by atoms with Gasteiger partial charge in [0.25, 0.3) is 0 Å². The van der Waals surface area contributed by atoms with Crippen LogP contribution in [0.25, 0.3) is 0 Å². The second-order valence-electron chi connectivity index (χ2n) is 5.61. The molecule has 0 aromatic carbocycles. The van der Waals surface area contributed by atoms with Crippen molar-refractivity contribution in [1.29, 1.82) is 0 Å². The van der Waals surface area contributed by atoms with Gasteiger partial charge < -0.3 is 10.1 Å². The molecule has 0 spiro atoms. The lowest BCUT2D eigenvalue weighted by molar-refractivity contribution is 0.0379. The van der Waals surface area contributed by atoms with Crippen LogP contribution in [0.15, 0.2) is 0 Å². The van der Waals surface area contributed by atoms with Crippen LogP contribution in [-0.2, 0) is 4.74 Å². The van der Waals surface area contributed by atoms with E-state index in [1.165, 1.54) is 38.8 Å². The minimum absolute atomic E-state index is 0.862. The topological polar surface area (TPSA) is 24.5 Å². The summed E-state index contributed by atoms with van der Waals surface area (Å²) < 4.78 is 5.36. The van der Waals surface area contributed by atoms with E-state index in [4.69, 9.17) is 4.74 Å². The highest BCUT2D eigenvalue weighted by Crippen LogP contribution is 2.44. The van der Waals surface area contributed by atoms with Crippen molar-refractivity contribution in [2.24, 2.45) is 11.8 Å². The molecule has 1 saturated heterocycles. The lowest BCUT2D eigenvalue weighted by atomic mass is 10.1. The average molecular weight is 224 g/mol. The summed E-state index contributed by atoms with van der Waals surface area (Å²) in [7, 11) is 0. The second-order valence-corrected chi connectivity index (χ2v) is 5.61. The van der Waals surface area contributed by atoms with Crippen molar-refractivity contribution in [3.63, 3.8) is 0 Å². The second kappa shape index (κ2) is 5.03. The SMILES string of the molecule is C(CN1CCOCC1)NC(C1CC1)C1CC1. The van der Waals surface area contributed by atoms with Crippen molar-refractivity contribution in [1.82, 2.24) is 10.2 Å². The zero-order valence-corrected chi connectivity index (χ0v) is 10.2. The number of nitrogens with zero attached hydrogens (tertiary/aromatic N) is 1. The van der Waals surface area contributed by atoms with Crippen LogP contribution in [-0.4, -0.2) is 50.3 Å². The lowest BCUT2D eigenvalue weighted by Crippen LogP contribution is -2.43. The number of hydrogen-bond acceptors (Lipinski definition) is 3. The Balaban J connectivity index is 1.34. The molecule has 1 heterocycles. The monoisotopic (exact) mass is 224 g/mol. The van der Waals surface area contributed by atoms with Gasteiger partial charge in [0, 0.05) is 32.2 Å². The van der Waals surface area contributed by atoms with E-state index in [-0.39, 0.29) is 0 Å². The fourth-order valence-corrected chi connectivity index (χ4v) is 2.84. The molecule has 2 aliphatic carbocycles. The number of nitrogens with one attached hydrogen (secondary N) is 1. The first-order valence-corrected chi connectivity index (χ1v) is 6.97. The van der Waals surface area contributed by atoms with Crippen LogP contribution in [0.5, 0.6) is 0 Å². The van der Waals surface area contributed by atoms with E-state index in [1.807, 2.05) is 0 Å². The van der Waals surface area contributed by atoms with Crippen LogP contribution in [0.3, 0.4) is 0 Å². The summed E-state index contributed by atoms with van der Waals surface area (Å²) >= 11 is 0. The lowest BCUT2D eigenvalue weighted by Gasteiger charge is -2.27. The Hall–Kier alpha value is -0.120. The first kappa shape index (κ1) is 11.0. The molecule has 0 bridgehead atoms. The molecule has 92 valence electrons. The maximum Gasteiger partial charge on any atom is 0.0594 e. The number of morpholine rings is 1. The van der Waals surface area contributed by atoms with Crippen molar-refractivity contribution in [2.75, 3.05) is 39.4 Å². The molecule has 0 unspecified atom stereocenters. The van der Waals surface area contributed by atoms with Crippen molar-refractivity contribution in [2.45, 2.75) is 31.7 Å². The standard InChI is InChI=1S/C13H24N2O/c1-2-11(1)13(12-3-4-12)14-5-6-15-7-9-16-10-8-15/h11-14H,1-10H2. The maximum atomic E-state index is 5.36. The van der Waals surface area contributed by atoms with E-state index in [0.717, 1.165) is 44.2 Å². The third-order valence-corrected chi connectivity index (χ3v) is 4.17. The van der Waals surface area contributed by atoms with E-state index in [0.29, 0.717) is 0 Å². The molecule has 1 N–H and O–H groups in total. The first-order valence-electron chi connectivity index (χ1n) is 6.97. The Bertz CT molecular complexity index is 208. The number of ether oxygens (including phenoxy) is 1. The predicted molar refractivity (Wildman–Crippen MR) is 64.5 cm³/mol. The largest absolute Gasteiger partial charge is 0.379 e. The van der Waals surface area contributed by atoms with Gasteiger partial charge in [0.05, 0.1) is 13.2 Å². The average Bonchev–Trinajstić information content (AvgIpc) is 3.17. The normalized spacial score (nSPS) is 27.6. The highest BCUT2D eigenvalue weighted by molar-refractivity contribution is 4.96. The van der Waals surface area contributed by atoms with Gasteiger partial charge in [-0.3, -0.25) is 4.90 Å². The third-order valence-electron chi connectivity index (χ3n) is 4.17. The van der Waals surface area contributed by atoms with Gasteiger partial charge in [-0.15, -0.1) is 0 Å². The Morgan fingerprint density at radius 1 is 1.06 bits per heavy atom. The van der Waals surface area contributed by atoms with E-state index < -0.39 is 0 Å². The summed E-state index contributed by atoms with van der Waals surface area (Å²) in [6.45, 7) is 6.48. The van der Waals surface area contributed by atoms with Gasteiger partial charge in [0.2, 0.25) is 0 Å². The Morgan fingerprint density at radius 2 is 1.69 bits per heavy atom. The van der Waals surface area contributed by atoms with Crippen LogP contribution >= 0.6 is 0 Å². The molecule has 3 heteroatoms. The van der Waals surface area contributed by atoms with E-state index in [1.54, 1.807) is 0 Å². The summed E-state index contributed by atoms with van der Waals surface area (Å²) in [6, 6.07) is 0.862. The van der Waals surface area contributed by atoms with Crippen molar-refractivity contribution >= 4 is 0 Å². The minimum Gasteiger partial charge on any atom is -0.379 e. The zero-order valence-electron chi connectivity index (χ0n) is 10.2. The maximum absolute atomic E-state index is 5.36. The van der Waals surface area contributed by atoms with E-state index >= 15 is 0 Å². The van der Waals surface area contributed by atoms with Gasteiger partial charge in [-0.05, 0) is 37.5 Å². The molecule has 3 fully saturated rings. The van der Waals surface area contributed by atoms with E-state index in [9.17, 15) is 0 Å². The summed E-state index contributed by atoms with van der Waals surface area (Å²) in [4.78, 5) is 2.52. The summed E-state index contributed by atoms with van der Waals surface area (Å²) in [6.07, 6.45) is 5.91. The molecule has 0 atom stereocenters. The molecule has 3 nitrogen and oxygen atoms in total. The molecule has 3 aliphatic rings. The fourth-order valence-electron chi connectivity index (χ4n) is 2.84. The van der Waals surface area contributed by atoms with Gasteiger partial charge in [-0.2, -0.15) is 0 Å². The molecular weight excluding hydrogens is 200 g/mol. The van der Waals surface area contributed by atoms with Crippen LogP contribution in [0.4, 0.5) is 0 Å². The Labute approximate surface area is 98.5 Å². The summed E-state index contributed by atoms with van der Waals surface area (Å²) in [5.41, 5.74) is 0. The summed E-state index contributed by atoms with van der Waals surface area (Å²) in [5.74, 6) is 2.05. The number of rotatable bonds is 6. The van der Waals surface area contributed by atoms with Gasteiger partial charge in [-0.25, -0.2) is 0 Å². The molecule has 1 aliphatic heterocycles. The van der Waals surface area contributed by atoms with Crippen LogP contribution < -0.4 is 5.32 Å². The molecule has 0 amide bonds. The van der Waals surface area contributed by atoms with Crippen LogP contribution in [0.1, 0.15) is 25.7 Å². The number of hydrogen-bond donors (Lipinski definition) is 1. The summed E-state index contributed by atoms with van der Waals surface area (Å²) in [5, 5.41) is 3.81. The van der Waals surface area contributed by atoms with Crippen LogP contribution in [0.2, 0.25) is 0 Å². The third kappa shape index (κ3) is 2.96. The molecule has 0 aromatic heterocycles. The van der Waals surface area contributed by atoms with Crippen molar-refractivity contribution in [3.05, 3.63) is 0 Å².